The fraction of sp³-hybridized carbons (Fsp3) is 0.929. The van der Waals surface area contributed by atoms with Crippen LogP contribution in [-0.4, -0.2) is 17.4 Å². The normalized spacial score (nSPS) is 21.2. The van der Waals surface area contributed by atoms with Crippen LogP contribution in [0.2, 0.25) is 0 Å². The lowest BCUT2D eigenvalue weighted by molar-refractivity contribution is 0.0447. The number of nitrogens with two attached hydrogens (primary N) is 1. The van der Waals surface area contributed by atoms with E-state index in [1.54, 1.807) is 0 Å². The molecule has 1 aliphatic carbocycles. The average Bonchev–Trinajstić information content (AvgIpc) is 2.13. The van der Waals surface area contributed by atoms with E-state index < -0.39 is 17.4 Å². The van der Waals surface area contributed by atoms with Crippen molar-refractivity contribution in [2.45, 2.75) is 77.5 Å². The predicted octanol–water partition coefficient (Wildman–Crippen LogP) is 3.16. The molecule has 0 bridgehead atoms. The zero-order valence-electron chi connectivity index (χ0n) is 12.2. The van der Waals surface area contributed by atoms with Crippen molar-refractivity contribution in [3.05, 3.63) is 0 Å². The Morgan fingerprint density at radius 1 is 1.22 bits per heavy atom. The fourth-order valence-corrected chi connectivity index (χ4v) is 2.58. The first-order valence-corrected chi connectivity index (χ1v) is 6.98. The molecule has 18 heavy (non-hydrogen) atoms. The van der Waals surface area contributed by atoms with E-state index in [1.165, 1.54) is 32.1 Å². The van der Waals surface area contributed by atoms with Gasteiger partial charge in [0.05, 0.1) is 5.66 Å². The first kappa shape index (κ1) is 15.3. The number of amides is 1. The molecule has 0 radical (unpaired) electrons. The van der Waals surface area contributed by atoms with Crippen molar-refractivity contribution in [1.29, 1.82) is 0 Å². The molecule has 1 rings (SSSR count). The molecule has 1 fully saturated rings. The van der Waals surface area contributed by atoms with Gasteiger partial charge in [0, 0.05) is 0 Å². The molecule has 1 saturated carbocycles. The Morgan fingerprint density at radius 3 is 2.28 bits per heavy atom. The van der Waals surface area contributed by atoms with Gasteiger partial charge in [0.1, 0.15) is 5.60 Å². The summed E-state index contributed by atoms with van der Waals surface area (Å²) in [5.74, 6) is 0.628. The largest absolute Gasteiger partial charge is 0.444 e. The third kappa shape index (κ3) is 6.24. The van der Waals surface area contributed by atoms with E-state index in [0.717, 1.165) is 6.42 Å². The van der Waals surface area contributed by atoms with Gasteiger partial charge in [0.2, 0.25) is 0 Å². The van der Waals surface area contributed by atoms with Gasteiger partial charge in [-0.3, -0.25) is 0 Å². The minimum atomic E-state index is -0.676. The number of alkyl carbamates (subject to hydrolysis) is 1. The summed E-state index contributed by atoms with van der Waals surface area (Å²) in [6.45, 7) is 7.41. The highest BCUT2D eigenvalue weighted by Crippen LogP contribution is 2.29. The fourth-order valence-electron chi connectivity index (χ4n) is 2.58. The number of hydrogen-bond donors (Lipinski definition) is 2. The van der Waals surface area contributed by atoms with Crippen molar-refractivity contribution in [1.82, 2.24) is 5.32 Å². The Hall–Kier alpha value is -0.770. The van der Waals surface area contributed by atoms with Crippen molar-refractivity contribution < 1.29 is 9.53 Å². The second kappa shape index (κ2) is 5.91. The van der Waals surface area contributed by atoms with E-state index in [0.29, 0.717) is 5.92 Å². The van der Waals surface area contributed by atoms with Crippen LogP contribution >= 0.6 is 0 Å². The average molecular weight is 256 g/mol. The van der Waals surface area contributed by atoms with Crippen LogP contribution in [0.25, 0.3) is 0 Å². The van der Waals surface area contributed by atoms with E-state index in [1.807, 2.05) is 27.7 Å². The maximum atomic E-state index is 11.7. The van der Waals surface area contributed by atoms with Gasteiger partial charge in [-0.25, -0.2) is 4.79 Å². The molecule has 0 unspecified atom stereocenters. The number of nitrogens with one attached hydrogen (secondary N) is 1. The molecule has 4 nitrogen and oxygen atoms in total. The molecule has 4 heteroatoms. The van der Waals surface area contributed by atoms with Gasteiger partial charge in [-0.15, -0.1) is 0 Å². The van der Waals surface area contributed by atoms with E-state index in [4.69, 9.17) is 10.5 Å². The molecule has 0 aromatic rings. The maximum absolute atomic E-state index is 11.7. The molecule has 0 spiro atoms. The molecule has 0 saturated heterocycles. The Morgan fingerprint density at radius 2 is 1.78 bits per heavy atom. The van der Waals surface area contributed by atoms with E-state index in [-0.39, 0.29) is 0 Å². The number of carbonyl (C=O) groups excluding carboxylic acids is 1. The van der Waals surface area contributed by atoms with Crippen LogP contribution in [0.1, 0.15) is 66.2 Å². The standard InChI is InChI=1S/C14H28N2O2/c1-13(2,3)18-12(17)16-14(4,15)10-11-8-6-5-7-9-11/h11H,5-10,15H2,1-4H3,(H,16,17)/t14-/m0/s1. The van der Waals surface area contributed by atoms with Crippen molar-refractivity contribution in [2.75, 3.05) is 0 Å². The van der Waals surface area contributed by atoms with Crippen molar-refractivity contribution in [2.24, 2.45) is 11.7 Å². The topological polar surface area (TPSA) is 64.3 Å². The van der Waals surface area contributed by atoms with Crippen LogP contribution in [0.15, 0.2) is 0 Å². The van der Waals surface area contributed by atoms with E-state index >= 15 is 0 Å². The molecule has 0 heterocycles. The zero-order chi connectivity index (χ0) is 13.8. The second-order valence-corrected chi connectivity index (χ2v) is 6.75. The molecular formula is C14H28N2O2. The highest BCUT2D eigenvalue weighted by atomic mass is 16.6. The monoisotopic (exact) mass is 256 g/mol. The molecule has 0 aromatic heterocycles. The third-order valence-electron chi connectivity index (χ3n) is 3.22. The van der Waals surface area contributed by atoms with Gasteiger partial charge in [-0.2, -0.15) is 0 Å². The lowest BCUT2D eigenvalue weighted by Gasteiger charge is -2.33. The van der Waals surface area contributed by atoms with Crippen molar-refractivity contribution in [3.63, 3.8) is 0 Å². The molecular weight excluding hydrogens is 228 g/mol. The molecule has 1 aliphatic rings. The van der Waals surface area contributed by atoms with Gasteiger partial charge >= 0.3 is 6.09 Å². The van der Waals surface area contributed by atoms with Crippen LogP contribution in [0.3, 0.4) is 0 Å². The van der Waals surface area contributed by atoms with Crippen LogP contribution in [0.4, 0.5) is 4.79 Å². The van der Waals surface area contributed by atoms with Crippen molar-refractivity contribution >= 4 is 6.09 Å². The summed E-state index contributed by atoms with van der Waals surface area (Å²) in [6, 6.07) is 0. The van der Waals surface area contributed by atoms with Gasteiger partial charge in [0.15, 0.2) is 0 Å². The van der Waals surface area contributed by atoms with Crippen LogP contribution < -0.4 is 11.1 Å². The van der Waals surface area contributed by atoms with E-state index in [9.17, 15) is 4.79 Å². The molecule has 1 atom stereocenters. The Kier molecular flexibility index (Phi) is 5.02. The lowest BCUT2D eigenvalue weighted by atomic mass is 9.83. The van der Waals surface area contributed by atoms with Crippen LogP contribution in [-0.2, 0) is 4.74 Å². The quantitative estimate of drug-likeness (QED) is 0.762. The summed E-state index contributed by atoms with van der Waals surface area (Å²) in [5.41, 5.74) is 5.00. The maximum Gasteiger partial charge on any atom is 0.409 e. The Bertz CT molecular complexity index is 276. The van der Waals surface area contributed by atoms with Crippen molar-refractivity contribution in [3.8, 4) is 0 Å². The lowest BCUT2D eigenvalue weighted by Crippen LogP contribution is -2.55. The first-order chi connectivity index (χ1) is 8.18. The SMILES string of the molecule is CC(C)(C)OC(=O)N[C@](C)(N)CC1CCCCC1. The molecule has 0 aliphatic heterocycles. The molecule has 0 aromatic carbocycles. The van der Waals surface area contributed by atoms with E-state index in [2.05, 4.69) is 5.32 Å². The van der Waals surface area contributed by atoms with Gasteiger partial charge in [0.25, 0.3) is 0 Å². The summed E-state index contributed by atoms with van der Waals surface area (Å²) in [4.78, 5) is 11.7. The number of carbonyl (C=O) groups is 1. The molecule has 3 N–H and O–H groups in total. The van der Waals surface area contributed by atoms with Gasteiger partial charge in [-0.1, -0.05) is 32.1 Å². The number of hydrogen-bond acceptors (Lipinski definition) is 3. The second-order valence-electron chi connectivity index (χ2n) is 6.75. The van der Waals surface area contributed by atoms with Crippen LogP contribution in [0.5, 0.6) is 0 Å². The highest BCUT2D eigenvalue weighted by molar-refractivity contribution is 5.68. The predicted molar refractivity (Wildman–Crippen MR) is 73.2 cm³/mol. The summed E-state index contributed by atoms with van der Waals surface area (Å²) in [6.07, 6.45) is 6.75. The van der Waals surface area contributed by atoms with Gasteiger partial charge in [-0.05, 0) is 40.0 Å². The first-order valence-electron chi connectivity index (χ1n) is 6.98. The summed E-state index contributed by atoms with van der Waals surface area (Å²) in [7, 11) is 0. The Labute approximate surface area is 111 Å². The molecule has 1 amide bonds. The van der Waals surface area contributed by atoms with Crippen LogP contribution in [0, 0.1) is 5.92 Å². The highest BCUT2D eigenvalue weighted by Gasteiger charge is 2.28. The van der Waals surface area contributed by atoms with Gasteiger partial charge < -0.3 is 15.8 Å². The third-order valence-corrected chi connectivity index (χ3v) is 3.22. The molecule has 106 valence electrons. The smallest absolute Gasteiger partial charge is 0.409 e. The summed E-state index contributed by atoms with van der Waals surface area (Å²) >= 11 is 0. The summed E-state index contributed by atoms with van der Waals surface area (Å²) in [5, 5.41) is 2.78. The number of ether oxygens (including phenoxy) is 1. The minimum absolute atomic E-state index is 0.427. The minimum Gasteiger partial charge on any atom is -0.444 e. The zero-order valence-corrected chi connectivity index (χ0v) is 12.2. The number of rotatable bonds is 3. The summed E-state index contributed by atoms with van der Waals surface area (Å²) < 4.78 is 5.23. The Balaban J connectivity index is 2.40.